The number of nitrogens with zero attached hydrogens (tertiary/aromatic N) is 3. The van der Waals surface area contributed by atoms with Crippen LogP contribution >= 0.6 is 0 Å². The highest BCUT2D eigenvalue weighted by Gasteiger charge is 2.14. The molecule has 0 aliphatic heterocycles. The summed E-state index contributed by atoms with van der Waals surface area (Å²) in [6.07, 6.45) is 4.85. The number of amides is 1. The van der Waals surface area contributed by atoms with E-state index in [1.807, 2.05) is 0 Å². The molecule has 114 valence electrons. The maximum Gasteiger partial charge on any atom is 0.274 e. The van der Waals surface area contributed by atoms with Gasteiger partial charge in [0.25, 0.3) is 5.91 Å². The van der Waals surface area contributed by atoms with Gasteiger partial charge in [-0.05, 0) is 36.4 Å². The number of anilines is 1. The van der Waals surface area contributed by atoms with Crippen LogP contribution < -0.4 is 5.32 Å². The normalized spacial score (nSPS) is 10.3. The number of carbonyl (C=O) groups is 2. The number of benzene rings is 1. The number of aryl methyl sites for hydroxylation is 1. The van der Waals surface area contributed by atoms with Crippen molar-refractivity contribution in [3.8, 4) is 0 Å². The van der Waals surface area contributed by atoms with Gasteiger partial charge in [0.05, 0.1) is 0 Å². The molecule has 0 bridgehead atoms. The summed E-state index contributed by atoms with van der Waals surface area (Å²) in [5.74, 6) is -0.0934. The van der Waals surface area contributed by atoms with E-state index in [1.54, 1.807) is 72.7 Å². The van der Waals surface area contributed by atoms with Crippen LogP contribution in [0.2, 0.25) is 0 Å². The smallest absolute Gasteiger partial charge is 0.274 e. The largest absolute Gasteiger partial charge is 0.331 e. The topological polar surface area (TPSA) is 76.9 Å². The van der Waals surface area contributed by atoms with Crippen molar-refractivity contribution >= 4 is 17.4 Å². The molecule has 0 aliphatic carbocycles. The molecule has 0 radical (unpaired) electrons. The van der Waals surface area contributed by atoms with Crippen molar-refractivity contribution in [2.45, 2.75) is 0 Å². The minimum atomic E-state index is -0.297. The predicted octanol–water partition coefficient (Wildman–Crippen LogP) is 2.30. The first-order valence-electron chi connectivity index (χ1n) is 6.99. The maximum atomic E-state index is 12.3. The highest BCUT2D eigenvalue weighted by atomic mass is 16.2. The lowest BCUT2D eigenvalue weighted by molar-refractivity contribution is 0.101. The van der Waals surface area contributed by atoms with E-state index in [1.165, 1.54) is 0 Å². The quantitative estimate of drug-likeness (QED) is 0.750. The fourth-order valence-electron chi connectivity index (χ4n) is 2.11. The van der Waals surface area contributed by atoms with Gasteiger partial charge in [0, 0.05) is 36.9 Å². The average molecular weight is 306 g/mol. The van der Waals surface area contributed by atoms with Crippen LogP contribution in [0.5, 0.6) is 0 Å². The Bertz CT molecular complexity index is 839. The van der Waals surface area contributed by atoms with E-state index in [4.69, 9.17) is 0 Å². The van der Waals surface area contributed by atoms with Crippen LogP contribution in [0, 0.1) is 0 Å². The Kier molecular flexibility index (Phi) is 3.97. The molecule has 1 N–H and O–H groups in total. The van der Waals surface area contributed by atoms with E-state index < -0.39 is 0 Å². The molecule has 2 aromatic heterocycles. The molecule has 1 aromatic carbocycles. The second-order valence-electron chi connectivity index (χ2n) is 4.94. The van der Waals surface area contributed by atoms with E-state index in [0.717, 1.165) is 0 Å². The minimum Gasteiger partial charge on any atom is -0.331 e. The van der Waals surface area contributed by atoms with Gasteiger partial charge in [-0.3, -0.25) is 14.6 Å². The van der Waals surface area contributed by atoms with Gasteiger partial charge >= 0.3 is 0 Å². The van der Waals surface area contributed by atoms with Gasteiger partial charge < -0.3 is 9.88 Å². The number of pyridine rings is 1. The summed E-state index contributed by atoms with van der Waals surface area (Å²) >= 11 is 0. The third-order valence-corrected chi connectivity index (χ3v) is 3.33. The van der Waals surface area contributed by atoms with Crippen LogP contribution in [0.3, 0.4) is 0 Å². The van der Waals surface area contributed by atoms with E-state index in [-0.39, 0.29) is 11.7 Å². The number of carbonyl (C=O) groups excluding carboxylic acids is 2. The summed E-state index contributed by atoms with van der Waals surface area (Å²) in [7, 11) is 1.77. The van der Waals surface area contributed by atoms with E-state index in [0.29, 0.717) is 22.8 Å². The molecule has 3 aromatic rings. The highest BCUT2D eigenvalue weighted by molar-refractivity contribution is 6.07. The van der Waals surface area contributed by atoms with E-state index in [2.05, 4.69) is 15.3 Å². The Morgan fingerprint density at radius 3 is 2.39 bits per heavy atom. The number of nitrogens with one attached hydrogen (secondary N) is 1. The zero-order chi connectivity index (χ0) is 16.2. The van der Waals surface area contributed by atoms with Crippen molar-refractivity contribution in [1.29, 1.82) is 0 Å². The average Bonchev–Trinajstić information content (AvgIpc) is 3.02. The Balaban J connectivity index is 1.74. The molecule has 0 fully saturated rings. The summed E-state index contributed by atoms with van der Waals surface area (Å²) in [6, 6.07) is 11.8. The number of rotatable bonds is 4. The lowest BCUT2D eigenvalue weighted by atomic mass is 10.1. The number of hydrogen-bond acceptors (Lipinski definition) is 4. The maximum absolute atomic E-state index is 12.3. The molecule has 0 spiro atoms. The molecule has 6 nitrogen and oxygen atoms in total. The molecule has 1 amide bonds. The Morgan fingerprint density at radius 1 is 1.00 bits per heavy atom. The van der Waals surface area contributed by atoms with Crippen LogP contribution in [0.4, 0.5) is 5.69 Å². The van der Waals surface area contributed by atoms with Crippen molar-refractivity contribution in [3.63, 3.8) is 0 Å². The molecule has 2 heterocycles. The van der Waals surface area contributed by atoms with Crippen molar-refractivity contribution in [3.05, 3.63) is 78.1 Å². The van der Waals surface area contributed by atoms with Crippen LogP contribution in [-0.4, -0.2) is 26.2 Å². The standard InChI is InChI=1S/C17H14N4O2/c1-21-11-10-19-16(21)15(22)12-5-7-13(8-6-12)20-17(23)14-4-2-3-9-18-14/h2-11H,1H3,(H,20,23). The second-order valence-corrected chi connectivity index (χ2v) is 4.94. The van der Waals surface area contributed by atoms with Crippen molar-refractivity contribution < 1.29 is 9.59 Å². The van der Waals surface area contributed by atoms with E-state index >= 15 is 0 Å². The summed E-state index contributed by atoms with van der Waals surface area (Å²) in [6.45, 7) is 0. The summed E-state index contributed by atoms with van der Waals surface area (Å²) in [5.41, 5.74) is 1.44. The lowest BCUT2D eigenvalue weighted by Crippen LogP contribution is -2.13. The van der Waals surface area contributed by atoms with Gasteiger partial charge in [0.15, 0.2) is 5.82 Å². The predicted molar refractivity (Wildman–Crippen MR) is 85.3 cm³/mol. The summed E-state index contributed by atoms with van der Waals surface area (Å²) in [4.78, 5) is 32.3. The van der Waals surface area contributed by atoms with Gasteiger partial charge in [-0.15, -0.1) is 0 Å². The first-order valence-corrected chi connectivity index (χ1v) is 6.99. The molecular formula is C17H14N4O2. The highest BCUT2D eigenvalue weighted by Crippen LogP contribution is 2.13. The minimum absolute atomic E-state index is 0.167. The van der Waals surface area contributed by atoms with Gasteiger partial charge in [0.1, 0.15) is 5.69 Å². The monoisotopic (exact) mass is 306 g/mol. The van der Waals surface area contributed by atoms with Gasteiger partial charge in [-0.2, -0.15) is 0 Å². The van der Waals surface area contributed by atoms with Crippen LogP contribution in [0.25, 0.3) is 0 Å². The molecule has 0 saturated heterocycles. The molecular weight excluding hydrogens is 292 g/mol. The van der Waals surface area contributed by atoms with Crippen molar-refractivity contribution in [2.75, 3.05) is 5.32 Å². The molecule has 0 unspecified atom stereocenters. The van der Waals surface area contributed by atoms with Crippen molar-refractivity contribution in [1.82, 2.24) is 14.5 Å². The van der Waals surface area contributed by atoms with Gasteiger partial charge in [-0.25, -0.2) is 4.98 Å². The number of ketones is 1. The van der Waals surface area contributed by atoms with Crippen molar-refractivity contribution in [2.24, 2.45) is 7.05 Å². The molecule has 0 atom stereocenters. The fourth-order valence-corrected chi connectivity index (χ4v) is 2.11. The Hall–Kier alpha value is -3.28. The number of imidazole rings is 1. The van der Waals surface area contributed by atoms with E-state index in [9.17, 15) is 9.59 Å². The SMILES string of the molecule is Cn1ccnc1C(=O)c1ccc(NC(=O)c2ccccn2)cc1. The van der Waals surface area contributed by atoms with Gasteiger partial charge in [-0.1, -0.05) is 6.07 Å². The molecule has 0 aliphatic rings. The first-order chi connectivity index (χ1) is 11.1. The van der Waals surface area contributed by atoms with Gasteiger partial charge in [0.2, 0.25) is 5.78 Å². The molecule has 6 heteroatoms. The third kappa shape index (κ3) is 3.16. The molecule has 23 heavy (non-hydrogen) atoms. The summed E-state index contributed by atoms with van der Waals surface area (Å²) in [5, 5.41) is 2.74. The first kappa shape index (κ1) is 14.6. The number of hydrogen-bond donors (Lipinski definition) is 1. The van der Waals surface area contributed by atoms with Crippen LogP contribution in [-0.2, 0) is 7.05 Å². The Labute approximate surface area is 132 Å². The summed E-state index contributed by atoms with van der Waals surface area (Å²) < 4.78 is 1.67. The molecule has 3 rings (SSSR count). The van der Waals surface area contributed by atoms with Crippen LogP contribution in [0.15, 0.2) is 61.1 Å². The zero-order valence-electron chi connectivity index (χ0n) is 12.4. The second kappa shape index (κ2) is 6.23. The molecule has 0 saturated carbocycles. The lowest BCUT2D eigenvalue weighted by Gasteiger charge is -2.06. The third-order valence-electron chi connectivity index (χ3n) is 3.33. The fraction of sp³-hybridized carbons (Fsp3) is 0.0588. The zero-order valence-corrected chi connectivity index (χ0v) is 12.4. The number of aromatic nitrogens is 3. The van der Waals surface area contributed by atoms with Crippen LogP contribution in [0.1, 0.15) is 26.7 Å². The Morgan fingerprint density at radius 2 is 1.78 bits per heavy atom.